The molecule has 0 unspecified atom stereocenters. The first-order valence-electron chi connectivity index (χ1n) is 4.91. The number of benzene rings is 1. The van der Waals surface area contributed by atoms with Gasteiger partial charge in [-0.15, -0.1) is 11.6 Å². The summed E-state index contributed by atoms with van der Waals surface area (Å²) < 4.78 is 0. The van der Waals surface area contributed by atoms with Gasteiger partial charge in [-0.1, -0.05) is 17.7 Å². The van der Waals surface area contributed by atoms with E-state index in [9.17, 15) is 0 Å². The van der Waals surface area contributed by atoms with E-state index in [1.165, 1.54) is 22.4 Å². The quantitative estimate of drug-likeness (QED) is 0.694. The van der Waals surface area contributed by atoms with Crippen LogP contribution in [-0.4, -0.2) is 19.5 Å². The Hall–Kier alpha value is -0.690. The van der Waals surface area contributed by atoms with Gasteiger partial charge < -0.3 is 4.90 Å². The number of rotatable bonds is 3. The average Bonchev–Trinajstić information content (AvgIpc) is 2.01. The van der Waals surface area contributed by atoms with Crippen LogP contribution in [0.1, 0.15) is 16.7 Å². The Labute approximate surface area is 91.7 Å². The maximum absolute atomic E-state index is 5.74. The fourth-order valence-corrected chi connectivity index (χ4v) is 2.27. The minimum absolute atomic E-state index is 0.670. The van der Waals surface area contributed by atoms with E-state index in [1.807, 2.05) is 0 Å². The molecule has 1 rings (SSSR count). The molecular formula is C12H18ClN. The van der Waals surface area contributed by atoms with Gasteiger partial charge in [0.05, 0.1) is 0 Å². The van der Waals surface area contributed by atoms with Gasteiger partial charge in [0.2, 0.25) is 0 Å². The molecular weight excluding hydrogens is 194 g/mol. The first-order valence-corrected chi connectivity index (χ1v) is 5.44. The van der Waals surface area contributed by atoms with Crippen molar-refractivity contribution < 1.29 is 0 Å². The molecule has 0 N–H and O–H groups in total. The van der Waals surface area contributed by atoms with Gasteiger partial charge in [0.15, 0.2) is 0 Å². The van der Waals surface area contributed by atoms with Gasteiger partial charge in [0.1, 0.15) is 0 Å². The lowest BCUT2D eigenvalue weighted by Gasteiger charge is -2.23. The fraction of sp³-hybridized carbons (Fsp3) is 0.500. The van der Waals surface area contributed by atoms with E-state index in [0.717, 1.165) is 6.54 Å². The van der Waals surface area contributed by atoms with Crippen LogP contribution in [0.25, 0.3) is 0 Å². The van der Waals surface area contributed by atoms with Crippen molar-refractivity contribution in [3.63, 3.8) is 0 Å². The summed E-state index contributed by atoms with van der Waals surface area (Å²) in [5, 5.41) is 0. The lowest BCUT2D eigenvalue weighted by molar-refractivity contribution is 0.957. The molecule has 2 heteroatoms. The minimum atomic E-state index is 0.670. The van der Waals surface area contributed by atoms with E-state index in [0.29, 0.717) is 5.88 Å². The topological polar surface area (TPSA) is 3.24 Å². The fourth-order valence-electron chi connectivity index (χ4n) is 2.01. The number of halogens is 1. The van der Waals surface area contributed by atoms with Gasteiger partial charge in [-0.25, -0.2) is 0 Å². The summed E-state index contributed by atoms with van der Waals surface area (Å²) >= 11 is 5.74. The van der Waals surface area contributed by atoms with Crippen molar-refractivity contribution in [3.05, 3.63) is 28.8 Å². The molecule has 0 radical (unpaired) electrons. The molecule has 1 aromatic carbocycles. The lowest BCUT2D eigenvalue weighted by atomic mass is 10.0. The van der Waals surface area contributed by atoms with E-state index in [-0.39, 0.29) is 0 Å². The zero-order valence-electron chi connectivity index (χ0n) is 9.39. The maximum Gasteiger partial charge on any atom is 0.0423 e. The first kappa shape index (κ1) is 11.4. The number of nitrogens with zero attached hydrogens (tertiary/aromatic N) is 1. The molecule has 0 atom stereocenters. The summed E-state index contributed by atoms with van der Waals surface area (Å²) in [4.78, 5) is 2.22. The molecule has 0 aliphatic rings. The molecule has 0 fully saturated rings. The standard InChI is InChI=1S/C12H18ClN/c1-9-7-10(2)12(11(3)8-9)14(4)6-5-13/h7-8H,5-6H2,1-4H3. The van der Waals surface area contributed by atoms with Crippen molar-refractivity contribution in [1.82, 2.24) is 0 Å². The number of anilines is 1. The van der Waals surface area contributed by atoms with Crippen molar-refractivity contribution in [3.8, 4) is 0 Å². The Morgan fingerprint density at radius 3 is 2.07 bits per heavy atom. The van der Waals surface area contributed by atoms with Crippen LogP contribution in [0, 0.1) is 20.8 Å². The molecule has 0 bridgehead atoms. The molecule has 0 heterocycles. The van der Waals surface area contributed by atoms with Gasteiger partial charge >= 0.3 is 0 Å². The third-order valence-electron chi connectivity index (χ3n) is 2.44. The molecule has 1 aromatic rings. The van der Waals surface area contributed by atoms with Crippen LogP contribution in [0.15, 0.2) is 12.1 Å². The third-order valence-corrected chi connectivity index (χ3v) is 2.61. The molecule has 0 saturated carbocycles. The second-order valence-corrected chi connectivity index (χ2v) is 4.24. The van der Waals surface area contributed by atoms with Crippen LogP contribution >= 0.6 is 11.6 Å². The third kappa shape index (κ3) is 2.42. The zero-order valence-corrected chi connectivity index (χ0v) is 10.2. The maximum atomic E-state index is 5.74. The number of hydrogen-bond acceptors (Lipinski definition) is 1. The highest BCUT2D eigenvalue weighted by molar-refractivity contribution is 6.18. The minimum Gasteiger partial charge on any atom is -0.373 e. The van der Waals surface area contributed by atoms with Gasteiger partial charge in [-0.2, -0.15) is 0 Å². The molecule has 0 aliphatic heterocycles. The van der Waals surface area contributed by atoms with Gasteiger partial charge in [-0.05, 0) is 31.9 Å². The zero-order chi connectivity index (χ0) is 10.7. The Morgan fingerprint density at radius 2 is 1.64 bits per heavy atom. The number of aryl methyl sites for hydroxylation is 3. The van der Waals surface area contributed by atoms with Gasteiger partial charge in [0.25, 0.3) is 0 Å². The Morgan fingerprint density at radius 1 is 1.14 bits per heavy atom. The first-order chi connectivity index (χ1) is 6.56. The van der Waals surface area contributed by atoms with Crippen LogP contribution in [0.5, 0.6) is 0 Å². The molecule has 0 aromatic heterocycles. The predicted octanol–water partition coefficient (Wildman–Crippen LogP) is 3.29. The molecule has 0 amide bonds. The second-order valence-electron chi connectivity index (χ2n) is 3.86. The summed E-state index contributed by atoms with van der Waals surface area (Å²) in [7, 11) is 2.09. The van der Waals surface area contributed by atoms with Crippen molar-refractivity contribution >= 4 is 17.3 Å². The van der Waals surface area contributed by atoms with E-state index >= 15 is 0 Å². The normalized spacial score (nSPS) is 10.4. The second kappa shape index (κ2) is 4.70. The van der Waals surface area contributed by atoms with Crippen LogP contribution in [0.2, 0.25) is 0 Å². The highest BCUT2D eigenvalue weighted by atomic mass is 35.5. The van der Waals surface area contributed by atoms with Crippen molar-refractivity contribution in [2.75, 3.05) is 24.4 Å². The molecule has 78 valence electrons. The summed E-state index contributed by atoms with van der Waals surface area (Å²) in [6.45, 7) is 7.33. The summed E-state index contributed by atoms with van der Waals surface area (Å²) in [6.07, 6.45) is 0. The SMILES string of the molecule is Cc1cc(C)c(N(C)CCCl)c(C)c1. The Balaban J connectivity index is 3.07. The monoisotopic (exact) mass is 211 g/mol. The van der Waals surface area contributed by atoms with Crippen molar-refractivity contribution in [1.29, 1.82) is 0 Å². The highest BCUT2D eigenvalue weighted by Crippen LogP contribution is 2.24. The Kier molecular flexibility index (Phi) is 3.82. The molecule has 14 heavy (non-hydrogen) atoms. The highest BCUT2D eigenvalue weighted by Gasteiger charge is 2.07. The van der Waals surface area contributed by atoms with Crippen molar-refractivity contribution in [2.24, 2.45) is 0 Å². The molecule has 0 saturated heterocycles. The summed E-state index contributed by atoms with van der Waals surface area (Å²) in [6, 6.07) is 4.43. The summed E-state index contributed by atoms with van der Waals surface area (Å²) in [5.41, 5.74) is 5.30. The predicted molar refractivity (Wildman–Crippen MR) is 64.6 cm³/mol. The van der Waals surface area contributed by atoms with E-state index < -0.39 is 0 Å². The van der Waals surface area contributed by atoms with E-state index in [2.05, 4.69) is 44.9 Å². The molecule has 1 nitrogen and oxygen atoms in total. The summed E-state index contributed by atoms with van der Waals surface area (Å²) in [5.74, 6) is 0.670. The lowest BCUT2D eigenvalue weighted by Crippen LogP contribution is -2.21. The van der Waals surface area contributed by atoms with Gasteiger partial charge in [0, 0.05) is 25.2 Å². The van der Waals surface area contributed by atoms with Crippen molar-refractivity contribution in [2.45, 2.75) is 20.8 Å². The van der Waals surface area contributed by atoms with E-state index in [1.54, 1.807) is 0 Å². The van der Waals surface area contributed by atoms with Crippen LogP contribution in [-0.2, 0) is 0 Å². The van der Waals surface area contributed by atoms with Gasteiger partial charge in [-0.3, -0.25) is 0 Å². The molecule has 0 spiro atoms. The van der Waals surface area contributed by atoms with Crippen LogP contribution < -0.4 is 4.90 Å². The number of alkyl halides is 1. The van der Waals surface area contributed by atoms with E-state index in [4.69, 9.17) is 11.6 Å². The van der Waals surface area contributed by atoms with Crippen LogP contribution in [0.3, 0.4) is 0 Å². The largest absolute Gasteiger partial charge is 0.373 e. The number of hydrogen-bond donors (Lipinski definition) is 0. The smallest absolute Gasteiger partial charge is 0.0423 e. The average molecular weight is 212 g/mol. The molecule has 0 aliphatic carbocycles. The van der Waals surface area contributed by atoms with Crippen LogP contribution in [0.4, 0.5) is 5.69 Å². The Bertz CT molecular complexity index is 297.